The molecule has 0 aromatic heterocycles. The van der Waals surface area contributed by atoms with Gasteiger partial charge in [-0.2, -0.15) is 11.8 Å². The lowest BCUT2D eigenvalue weighted by molar-refractivity contribution is -0.128. The van der Waals surface area contributed by atoms with Gasteiger partial charge in [0.25, 0.3) is 0 Å². The normalized spacial score (nSPS) is 20.3. The van der Waals surface area contributed by atoms with Crippen LogP contribution in [-0.4, -0.2) is 48.5 Å². The molecular formula is C15H22N2OS. The van der Waals surface area contributed by atoms with Gasteiger partial charge in [0.15, 0.2) is 0 Å². The van der Waals surface area contributed by atoms with Crippen molar-refractivity contribution in [1.29, 1.82) is 0 Å². The molecule has 0 bridgehead atoms. The Morgan fingerprint density at radius 2 is 2.16 bits per heavy atom. The minimum atomic E-state index is -0.00185. The zero-order valence-corrected chi connectivity index (χ0v) is 12.3. The average molecular weight is 278 g/mol. The van der Waals surface area contributed by atoms with Crippen LogP contribution in [0.5, 0.6) is 0 Å². The molecule has 1 N–H and O–H groups in total. The summed E-state index contributed by atoms with van der Waals surface area (Å²) >= 11 is 1.87. The molecule has 1 amide bonds. The first-order valence-electron chi connectivity index (χ1n) is 6.86. The number of benzene rings is 1. The summed E-state index contributed by atoms with van der Waals surface area (Å²) in [5.41, 5.74) is 1.24. The molecule has 0 radical (unpaired) electrons. The topological polar surface area (TPSA) is 32.3 Å². The molecular weight excluding hydrogens is 256 g/mol. The van der Waals surface area contributed by atoms with Gasteiger partial charge in [0, 0.05) is 13.1 Å². The molecule has 2 rings (SSSR count). The van der Waals surface area contributed by atoms with Crippen LogP contribution in [0.1, 0.15) is 12.0 Å². The van der Waals surface area contributed by atoms with E-state index < -0.39 is 0 Å². The zero-order valence-electron chi connectivity index (χ0n) is 11.5. The predicted molar refractivity (Wildman–Crippen MR) is 81.5 cm³/mol. The summed E-state index contributed by atoms with van der Waals surface area (Å²) in [6.45, 7) is 2.77. The van der Waals surface area contributed by atoms with Crippen LogP contribution in [0.3, 0.4) is 0 Å². The highest BCUT2D eigenvalue weighted by atomic mass is 32.2. The lowest BCUT2D eigenvalue weighted by Crippen LogP contribution is -2.56. The quantitative estimate of drug-likeness (QED) is 0.805. The number of thioether (sulfide) groups is 1. The molecule has 0 spiro atoms. The SMILES string of the molecule is CSCCCN1CCNC(=O)[C@@H]1Cc1ccccc1. The van der Waals surface area contributed by atoms with Crippen molar-refractivity contribution in [2.45, 2.75) is 18.9 Å². The van der Waals surface area contributed by atoms with E-state index in [2.05, 4.69) is 28.6 Å². The van der Waals surface area contributed by atoms with Crippen molar-refractivity contribution in [3.05, 3.63) is 35.9 Å². The van der Waals surface area contributed by atoms with E-state index in [0.29, 0.717) is 0 Å². The lowest BCUT2D eigenvalue weighted by atomic mass is 10.0. The molecule has 3 nitrogen and oxygen atoms in total. The fourth-order valence-electron chi connectivity index (χ4n) is 2.50. The van der Waals surface area contributed by atoms with E-state index in [1.165, 1.54) is 5.56 Å². The van der Waals surface area contributed by atoms with Crippen molar-refractivity contribution in [3.8, 4) is 0 Å². The van der Waals surface area contributed by atoms with Gasteiger partial charge in [-0.15, -0.1) is 0 Å². The van der Waals surface area contributed by atoms with Gasteiger partial charge in [0.1, 0.15) is 0 Å². The summed E-state index contributed by atoms with van der Waals surface area (Å²) in [4.78, 5) is 14.4. The molecule has 1 aromatic rings. The van der Waals surface area contributed by atoms with Crippen molar-refractivity contribution in [1.82, 2.24) is 10.2 Å². The summed E-state index contributed by atoms with van der Waals surface area (Å²) in [6, 6.07) is 10.3. The summed E-state index contributed by atoms with van der Waals surface area (Å²) in [5.74, 6) is 1.34. The molecule has 1 aliphatic rings. The number of nitrogens with one attached hydrogen (secondary N) is 1. The van der Waals surface area contributed by atoms with Crippen LogP contribution in [0.15, 0.2) is 30.3 Å². The van der Waals surface area contributed by atoms with Crippen LogP contribution in [0.2, 0.25) is 0 Å². The summed E-state index contributed by atoms with van der Waals surface area (Å²) in [6.07, 6.45) is 4.09. The molecule has 1 heterocycles. The van der Waals surface area contributed by atoms with E-state index in [-0.39, 0.29) is 11.9 Å². The van der Waals surface area contributed by atoms with Gasteiger partial charge in [0.2, 0.25) is 5.91 Å². The van der Waals surface area contributed by atoms with E-state index in [9.17, 15) is 4.79 Å². The van der Waals surface area contributed by atoms with Crippen LogP contribution in [0.25, 0.3) is 0 Å². The predicted octanol–water partition coefficient (Wildman–Crippen LogP) is 1.78. The van der Waals surface area contributed by atoms with E-state index in [4.69, 9.17) is 0 Å². The standard InChI is InChI=1S/C15H22N2OS/c1-19-11-5-9-17-10-8-16-15(18)14(17)12-13-6-3-2-4-7-13/h2-4,6-7,14H,5,8-12H2,1H3,(H,16,18)/t14-/m0/s1. The first-order chi connectivity index (χ1) is 9.31. The van der Waals surface area contributed by atoms with Crippen molar-refractivity contribution < 1.29 is 4.79 Å². The molecule has 0 unspecified atom stereocenters. The minimum Gasteiger partial charge on any atom is -0.353 e. The van der Waals surface area contributed by atoms with Gasteiger partial charge >= 0.3 is 0 Å². The molecule has 1 fully saturated rings. The maximum atomic E-state index is 12.1. The Morgan fingerprint density at radius 3 is 2.89 bits per heavy atom. The Hall–Kier alpha value is -1.00. The number of nitrogens with zero attached hydrogens (tertiary/aromatic N) is 1. The van der Waals surface area contributed by atoms with Crippen LogP contribution >= 0.6 is 11.8 Å². The van der Waals surface area contributed by atoms with Crippen molar-refractivity contribution in [3.63, 3.8) is 0 Å². The number of hydrogen-bond donors (Lipinski definition) is 1. The second kappa shape index (κ2) is 7.56. The molecule has 0 saturated carbocycles. The minimum absolute atomic E-state index is 0.00185. The van der Waals surface area contributed by atoms with E-state index >= 15 is 0 Å². The second-order valence-corrected chi connectivity index (χ2v) is 5.86. The molecule has 104 valence electrons. The van der Waals surface area contributed by atoms with Gasteiger partial charge in [-0.25, -0.2) is 0 Å². The monoisotopic (exact) mass is 278 g/mol. The second-order valence-electron chi connectivity index (χ2n) is 4.88. The summed E-state index contributed by atoms with van der Waals surface area (Å²) in [5, 5.41) is 2.99. The number of hydrogen-bond acceptors (Lipinski definition) is 3. The first-order valence-corrected chi connectivity index (χ1v) is 8.25. The van der Waals surface area contributed by atoms with Gasteiger partial charge in [-0.1, -0.05) is 30.3 Å². The third-order valence-electron chi connectivity index (χ3n) is 3.51. The fourth-order valence-corrected chi connectivity index (χ4v) is 2.92. The molecule has 1 atom stereocenters. The van der Waals surface area contributed by atoms with Crippen LogP contribution in [-0.2, 0) is 11.2 Å². The Kier molecular flexibility index (Phi) is 5.73. The van der Waals surface area contributed by atoms with Crippen LogP contribution in [0, 0.1) is 0 Å². The molecule has 4 heteroatoms. The number of amides is 1. The lowest BCUT2D eigenvalue weighted by Gasteiger charge is -2.35. The summed E-state index contributed by atoms with van der Waals surface area (Å²) in [7, 11) is 0. The van der Waals surface area contributed by atoms with E-state index in [1.54, 1.807) is 0 Å². The Bertz CT molecular complexity index is 396. The van der Waals surface area contributed by atoms with E-state index in [1.807, 2.05) is 30.0 Å². The molecule has 1 saturated heterocycles. The van der Waals surface area contributed by atoms with Crippen molar-refractivity contribution >= 4 is 17.7 Å². The van der Waals surface area contributed by atoms with Gasteiger partial charge in [-0.05, 0) is 37.0 Å². The Balaban J connectivity index is 1.97. The average Bonchev–Trinajstić information content (AvgIpc) is 2.44. The molecule has 1 aromatic carbocycles. The third kappa shape index (κ3) is 4.25. The Morgan fingerprint density at radius 1 is 1.37 bits per heavy atom. The van der Waals surface area contributed by atoms with Crippen LogP contribution < -0.4 is 5.32 Å². The van der Waals surface area contributed by atoms with Crippen molar-refractivity contribution in [2.24, 2.45) is 0 Å². The maximum Gasteiger partial charge on any atom is 0.237 e. The maximum absolute atomic E-state index is 12.1. The first kappa shape index (κ1) is 14.4. The van der Waals surface area contributed by atoms with Gasteiger partial charge in [-0.3, -0.25) is 9.69 Å². The third-order valence-corrected chi connectivity index (χ3v) is 4.20. The number of carbonyl (C=O) groups is 1. The number of carbonyl (C=O) groups excluding carboxylic acids is 1. The zero-order chi connectivity index (χ0) is 13.5. The highest BCUT2D eigenvalue weighted by molar-refractivity contribution is 7.98. The van der Waals surface area contributed by atoms with Gasteiger partial charge < -0.3 is 5.32 Å². The molecule has 19 heavy (non-hydrogen) atoms. The number of piperazine rings is 1. The van der Waals surface area contributed by atoms with Crippen molar-refractivity contribution in [2.75, 3.05) is 31.6 Å². The highest BCUT2D eigenvalue weighted by Crippen LogP contribution is 2.13. The Labute approximate surface area is 119 Å². The fraction of sp³-hybridized carbons (Fsp3) is 0.533. The number of rotatable bonds is 6. The highest BCUT2D eigenvalue weighted by Gasteiger charge is 2.28. The smallest absolute Gasteiger partial charge is 0.237 e. The largest absolute Gasteiger partial charge is 0.353 e. The summed E-state index contributed by atoms with van der Waals surface area (Å²) < 4.78 is 0. The van der Waals surface area contributed by atoms with Gasteiger partial charge in [0.05, 0.1) is 6.04 Å². The molecule has 0 aliphatic carbocycles. The molecule has 1 aliphatic heterocycles. The van der Waals surface area contributed by atoms with Crippen LogP contribution in [0.4, 0.5) is 0 Å². The van der Waals surface area contributed by atoms with E-state index in [0.717, 1.165) is 38.2 Å².